The number of hydrogen-bond donors (Lipinski definition) is 12. The Kier molecular flexibility index (Phi) is 18.6. The lowest BCUT2D eigenvalue weighted by atomic mass is 9.85. The average molecular weight is 1370 g/mol. The van der Waals surface area contributed by atoms with Gasteiger partial charge in [0.1, 0.15) is 19.6 Å². The first-order valence-electron chi connectivity index (χ1n) is 25.9. The van der Waals surface area contributed by atoms with E-state index in [1.54, 1.807) is 20.8 Å². The second-order valence-electron chi connectivity index (χ2n) is 21.0. The van der Waals surface area contributed by atoms with Gasteiger partial charge in [0.25, 0.3) is 84.3 Å². The van der Waals surface area contributed by atoms with Crippen molar-refractivity contribution in [3.63, 3.8) is 0 Å². The molecule has 0 unspecified atom stereocenters. The number of rotatable bonds is 18. The molecule has 0 radical (unpaired) electrons. The Labute approximate surface area is 518 Å². The van der Waals surface area contributed by atoms with Gasteiger partial charge in [-0.3, -0.25) is 46.5 Å². The molecule has 0 saturated carbocycles. The van der Waals surface area contributed by atoms with Crippen LogP contribution in [0.25, 0.3) is 21.5 Å². The molecule has 0 aliphatic carbocycles. The standard InChI is InChI=1S/C56H50N6O23S6/c1-5-8-29-13-14-32(53(65)59-41-17-19-45(88(74,75)76)38-25-36(86(68,69)70)27-47(49(38)41)90(80,81)82)23-43(29)61-51(63)30-9-6-11-34(21-30)57-55(67)58-35-12-7-10-31(22-35)52(64)62-44-24-33(15-16-40(44)56(2,3)4)54(66)60-42-18-20-46(89(77,78)79)39-26-37(87(71,72)73)28-48(50(39)42)91(83,84)85/h6-7,9-28H,5,8H2,1-4H3,(H,59,65)(H,60,66)(H,61,63)(H,62,64)(H2,57,58,67)(H,68,69,70)(H,71,72,73)(H,74,75,76)(H,77,78,79)(H,80,81,82)(H,83,84,85). The van der Waals surface area contributed by atoms with Crippen LogP contribution in [0.5, 0.6) is 0 Å². The minimum absolute atomic E-state index is 0.0108. The Bertz CT molecular complexity index is 5170. The number of nitrogens with one attached hydrogen (secondary N) is 6. The molecule has 0 aliphatic rings. The van der Waals surface area contributed by atoms with Crippen molar-refractivity contribution in [1.29, 1.82) is 0 Å². The van der Waals surface area contributed by atoms with Gasteiger partial charge in [0.05, 0.1) is 21.2 Å². The van der Waals surface area contributed by atoms with Crippen molar-refractivity contribution in [3.05, 3.63) is 167 Å². The Morgan fingerprint density at radius 2 is 0.736 bits per heavy atom. The summed E-state index contributed by atoms with van der Waals surface area (Å²) in [6, 6.07) is 23.2. The van der Waals surface area contributed by atoms with Gasteiger partial charge >= 0.3 is 6.03 Å². The molecule has 478 valence electrons. The summed E-state index contributed by atoms with van der Waals surface area (Å²) in [5, 5.41) is 12.1. The molecule has 0 aliphatic heterocycles. The first-order valence-corrected chi connectivity index (χ1v) is 34.5. The average Bonchev–Trinajstić information content (AvgIpc) is 0.758. The molecule has 0 atom stereocenters. The lowest BCUT2D eigenvalue weighted by Gasteiger charge is -2.24. The number of carbonyl (C=O) groups is 5. The zero-order chi connectivity index (χ0) is 67.3. The van der Waals surface area contributed by atoms with E-state index in [1.807, 2.05) is 6.92 Å². The highest BCUT2D eigenvalue weighted by Gasteiger charge is 2.31. The summed E-state index contributed by atoms with van der Waals surface area (Å²) >= 11 is 0. The highest BCUT2D eigenvalue weighted by Crippen LogP contribution is 2.40. The lowest BCUT2D eigenvalue weighted by molar-refractivity contribution is 0.101. The molecular weight excluding hydrogens is 1320 g/mol. The number of hydrogen-bond acceptors (Lipinski definition) is 17. The molecule has 12 N–H and O–H groups in total. The first kappa shape index (κ1) is 67.8. The molecular formula is C56H50N6O23S6. The van der Waals surface area contributed by atoms with Crippen LogP contribution in [0, 0.1) is 0 Å². The molecule has 0 heterocycles. The molecule has 35 heteroatoms. The van der Waals surface area contributed by atoms with E-state index in [2.05, 4.69) is 31.9 Å². The van der Waals surface area contributed by atoms with E-state index in [1.165, 1.54) is 84.9 Å². The smallest absolute Gasteiger partial charge is 0.322 e. The highest BCUT2D eigenvalue weighted by atomic mass is 32.2. The first-order chi connectivity index (χ1) is 42.0. The van der Waals surface area contributed by atoms with Crippen LogP contribution in [-0.4, -0.2) is 107 Å². The number of fused-ring (bicyclic) bond motifs is 2. The van der Waals surface area contributed by atoms with Crippen LogP contribution in [0.3, 0.4) is 0 Å². The molecule has 6 amide bonds. The molecule has 0 spiro atoms. The topological polar surface area (TPSA) is 484 Å². The van der Waals surface area contributed by atoms with Gasteiger partial charge in [0.15, 0.2) is 0 Å². The van der Waals surface area contributed by atoms with Crippen molar-refractivity contribution in [2.24, 2.45) is 0 Å². The number of benzene rings is 8. The van der Waals surface area contributed by atoms with Crippen LogP contribution in [0.1, 0.15) is 86.7 Å². The zero-order valence-electron chi connectivity index (χ0n) is 47.2. The summed E-state index contributed by atoms with van der Waals surface area (Å²) in [5.41, 5.74) is -0.771. The summed E-state index contributed by atoms with van der Waals surface area (Å²) < 4.78 is 208. The molecule has 29 nitrogen and oxygen atoms in total. The van der Waals surface area contributed by atoms with Crippen molar-refractivity contribution in [2.75, 3.05) is 31.9 Å². The van der Waals surface area contributed by atoms with E-state index in [0.717, 1.165) is 12.1 Å². The van der Waals surface area contributed by atoms with Crippen LogP contribution in [0.2, 0.25) is 0 Å². The van der Waals surface area contributed by atoms with E-state index in [0.29, 0.717) is 60.4 Å². The maximum Gasteiger partial charge on any atom is 0.323 e. The van der Waals surface area contributed by atoms with Crippen molar-refractivity contribution >= 4 is 146 Å². The predicted molar refractivity (Wildman–Crippen MR) is 330 cm³/mol. The number of anilines is 6. The van der Waals surface area contributed by atoms with Crippen LogP contribution in [0.15, 0.2) is 163 Å². The summed E-state index contributed by atoms with van der Waals surface area (Å²) in [7, 11) is -32.0. The van der Waals surface area contributed by atoms with Crippen molar-refractivity contribution < 1.29 is 102 Å². The van der Waals surface area contributed by atoms with E-state index < -0.39 is 158 Å². The fraction of sp³-hybridized carbons (Fsp3) is 0.125. The van der Waals surface area contributed by atoms with Crippen molar-refractivity contribution in [2.45, 2.75) is 75.3 Å². The minimum atomic E-state index is -5.47. The van der Waals surface area contributed by atoms with Gasteiger partial charge in [-0.25, -0.2) is 4.79 Å². The molecule has 8 rings (SSSR count). The number of aryl methyl sites for hydroxylation is 1. The molecule has 8 aromatic rings. The fourth-order valence-electron chi connectivity index (χ4n) is 9.46. The third kappa shape index (κ3) is 15.6. The Morgan fingerprint density at radius 1 is 0.374 bits per heavy atom. The summed E-state index contributed by atoms with van der Waals surface area (Å²) in [6.45, 7) is 7.19. The Hall–Kier alpha value is -9.11. The molecule has 0 aromatic heterocycles. The van der Waals surface area contributed by atoms with Crippen LogP contribution >= 0.6 is 0 Å². The van der Waals surface area contributed by atoms with Gasteiger partial charge in [-0.1, -0.05) is 58.4 Å². The molecule has 91 heavy (non-hydrogen) atoms. The highest BCUT2D eigenvalue weighted by molar-refractivity contribution is 7.88. The molecule has 0 bridgehead atoms. The Morgan fingerprint density at radius 3 is 1.11 bits per heavy atom. The number of carbonyl (C=O) groups excluding carboxylic acids is 5. The second-order valence-corrected chi connectivity index (χ2v) is 29.4. The van der Waals surface area contributed by atoms with Gasteiger partial charge in [-0.05, 0) is 132 Å². The largest absolute Gasteiger partial charge is 0.323 e. The SMILES string of the molecule is CCCc1ccc(C(=O)Nc2ccc(S(=O)(=O)O)c3cc(S(=O)(=O)O)cc(S(=O)(=O)O)c23)cc1NC(=O)c1cccc(NC(=O)Nc2cccc(C(=O)Nc3cc(C(=O)Nc4ccc(S(=O)(=O)O)c5cc(S(=O)(=O)O)cc(S(=O)(=O)O)c45)ccc3C(C)(C)C)c2)c1. The van der Waals surface area contributed by atoms with E-state index in [4.69, 9.17) is 0 Å². The van der Waals surface area contributed by atoms with Crippen LogP contribution in [0.4, 0.5) is 38.9 Å². The van der Waals surface area contributed by atoms with E-state index in [9.17, 15) is 102 Å². The summed E-state index contributed by atoms with van der Waals surface area (Å²) in [5.74, 6) is -3.53. The van der Waals surface area contributed by atoms with E-state index >= 15 is 0 Å². The molecule has 0 fully saturated rings. The third-order valence-electron chi connectivity index (χ3n) is 13.5. The number of amides is 6. The van der Waals surface area contributed by atoms with Gasteiger partial charge in [-0.2, -0.15) is 50.5 Å². The number of urea groups is 1. The normalized spacial score (nSPS) is 12.5. The second kappa shape index (κ2) is 24.9. The lowest BCUT2D eigenvalue weighted by Crippen LogP contribution is -2.22. The van der Waals surface area contributed by atoms with Crippen LogP contribution < -0.4 is 31.9 Å². The van der Waals surface area contributed by atoms with Crippen molar-refractivity contribution in [1.82, 2.24) is 0 Å². The third-order valence-corrected chi connectivity index (χ3v) is 18.7. The predicted octanol–water partition coefficient (Wildman–Crippen LogP) is 8.38. The Balaban J connectivity index is 0.989. The minimum Gasteiger partial charge on any atom is -0.322 e. The van der Waals surface area contributed by atoms with Gasteiger partial charge < -0.3 is 31.9 Å². The van der Waals surface area contributed by atoms with Crippen LogP contribution in [-0.2, 0) is 72.5 Å². The summed E-state index contributed by atoms with van der Waals surface area (Å²) in [6.07, 6.45) is 0.914. The van der Waals surface area contributed by atoms with Gasteiger partial charge in [-0.15, -0.1) is 0 Å². The summed E-state index contributed by atoms with van der Waals surface area (Å²) in [4.78, 5) is 62.1. The maximum absolute atomic E-state index is 14.0. The van der Waals surface area contributed by atoms with Gasteiger partial charge in [0, 0.05) is 66.5 Å². The quantitative estimate of drug-likeness (QED) is 0.0359. The fourth-order valence-corrected chi connectivity index (χ4v) is 13.5. The molecule has 8 aromatic carbocycles. The van der Waals surface area contributed by atoms with Crippen molar-refractivity contribution in [3.8, 4) is 0 Å². The van der Waals surface area contributed by atoms with Gasteiger partial charge in [0.2, 0.25) is 0 Å². The maximum atomic E-state index is 14.0. The van der Waals surface area contributed by atoms with E-state index in [-0.39, 0.29) is 45.0 Å². The zero-order valence-corrected chi connectivity index (χ0v) is 52.1. The molecule has 0 saturated heterocycles. The monoisotopic (exact) mass is 1370 g/mol.